The number of piperazine rings is 1. The Labute approximate surface area is 171 Å². The van der Waals surface area contributed by atoms with Crippen molar-refractivity contribution < 1.29 is 9.15 Å². The maximum atomic E-state index is 12.1. The molecule has 0 unspecified atom stereocenters. The fourth-order valence-corrected chi connectivity index (χ4v) is 3.99. The van der Waals surface area contributed by atoms with E-state index in [4.69, 9.17) is 9.15 Å². The highest BCUT2D eigenvalue weighted by Crippen LogP contribution is 2.14. The van der Waals surface area contributed by atoms with Crippen LogP contribution in [0.5, 0.6) is 5.75 Å². The highest BCUT2D eigenvalue weighted by Gasteiger charge is 2.16. The number of rotatable bonds is 8. The Morgan fingerprint density at radius 2 is 1.59 bits per heavy atom. The maximum Gasteiger partial charge on any atom is 0.419 e. The third-order valence-corrected chi connectivity index (χ3v) is 5.77. The second-order valence-electron chi connectivity index (χ2n) is 7.62. The van der Waals surface area contributed by atoms with E-state index in [1.54, 1.807) is 11.7 Å². The van der Waals surface area contributed by atoms with Gasteiger partial charge in [-0.25, -0.2) is 4.79 Å². The van der Waals surface area contributed by atoms with Crippen molar-refractivity contribution in [3.8, 4) is 5.75 Å². The predicted octanol–water partition coefficient (Wildman–Crippen LogP) is 2.85. The lowest BCUT2D eigenvalue weighted by atomic mass is 10.1. The molecule has 2 heterocycles. The van der Waals surface area contributed by atoms with Crippen molar-refractivity contribution >= 4 is 11.1 Å². The summed E-state index contributed by atoms with van der Waals surface area (Å²) in [5.41, 5.74) is 2.91. The number of ether oxygens (including phenoxy) is 1. The minimum atomic E-state index is -0.255. The molecule has 6 heteroatoms. The number of para-hydroxylation sites is 2. The first kappa shape index (κ1) is 19.7. The average Bonchev–Trinajstić information content (AvgIpc) is 3.09. The molecule has 1 aliphatic rings. The zero-order chi connectivity index (χ0) is 20.1. The molecule has 1 saturated heterocycles. The summed E-state index contributed by atoms with van der Waals surface area (Å²) in [6.07, 6.45) is 2.02. The zero-order valence-electron chi connectivity index (χ0n) is 17.0. The summed E-state index contributed by atoms with van der Waals surface area (Å²) < 4.78 is 12.3. The molecule has 154 valence electrons. The van der Waals surface area contributed by atoms with Crippen LogP contribution in [-0.4, -0.2) is 60.7 Å². The van der Waals surface area contributed by atoms with Crippen LogP contribution in [0, 0.1) is 0 Å². The van der Waals surface area contributed by atoms with E-state index >= 15 is 0 Å². The van der Waals surface area contributed by atoms with Gasteiger partial charge >= 0.3 is 5.76 Å². The fraction of sp³-hybridized carbons (Fsp3) is 0.435. The highest BCUT2D eigenvalue weighted by atomic mass is 16.5. The number of aromatic nitrogens is 1. The normalized spacial score (nSPS) is 15.8. The maximum absolute atomic E-state index is 12.1. The molecule has 1 aliphatic heterocycles. The van der Waals surface area contributed by atoms with Crippen LogP contribution in [0.1, 0.15) is 12.0 Å². The molecule has 0 aliphatic carbocycles. The minimum absolute atomic E-state index is 0.255. The quantitative estimate of drug-likeness (QED) is 0.587. The van der Waals surface area contributed by atoms with Crippen molar-refractivity contribution in [2.45, 2.75) is 19.4 Å². The van der Waals surface area contributed by atoms with Gasteiger partial charge in [-0.2, -0.15) is 0 Å². The van der Waals surface area contributed by atoms with Crippen molar-refractivity contribution in [2.75, 3.05) is 46.4 Å². The van der Waals surface area contributed by atoms with Gasteiger partial charge in [0.1, 0.15) is 5.75 Å². The Bertz CT molecular complexity index is 969. The highest BCUT2D eigenvalue weighted by molar-refractivity contribution is 5.72. The summed E-state index contributed by atoms with van der Waals surface area (Å²) in [6.45, 7) is 7.19. The number of oxazole rings is 1. The summed E-state index contributed by atoms with van der Waals surface area (Å²) in [7, 11) is 1.70. The second kappa shape index (κ2) is 9.29. The lowest BCUT2D eigenvalue weighted by molar-refractivity contribution is 0.131. The molecule has 1 aromatic heterocycles. The molecule has 1 fully saturated rings. The van der Waals surface area contributed by atoms with Gasteiger partial charge in [-0.05, 0) is 49.2 Å². The Hall–Kier alpha value is -2.57. The van der Waals surface area contributed by atoms with E-state index in [1.807, 2.05) is 36.4 Å². The van der Waals surface area contributed by atoms with E-state index in [-0.39, 0.29) is 5.76 Å². The van der Waals surface area contributed by atoms with Gasteiger partial charge in [0.25, 0.3) is 0 Å². The van der Waals surface area contributed by atoms with Gasteiger partial charge in [0.05, 0.1) is 12.6 Å². The van der Waals surface area contributed by atoms with E-state index in [0.717, 1.165) is 63.4 Å². The van der Waals surface area contributed by atoms with E-state index < -0.39 is 0 Å². The largest absolute Gasteiger partial charge is 0.497 e. The first-order valence-corrected chi connectivity index (χ1v) is 10.4. The molecule has 0 spiro atoms. The zero-order valence-corrected chi connectivity index (χ0v) is 17.0. The number of hydrogen-bond donors (Lipinski definition) is 0. The number of methoxy groups -OCH3 is 1. The molecule has 0 bridgehead atoms. The van der Waals surface area contributed by atoms with Crippen LogP contribution in [0.3, 0.4) is 0 Å². The van der Waals surface area contributed by atoms with Crippen molar-refractivity contribution in [2.24, 2.45) is 0 Å². The number of aryl methyl sites for hydroxylation is 1. The molecule has 2 aromatic carbocycles. The number of fused-ring (bicyclic) bond motifs is 1. The van der Waals surface area contributed by atoms with Crippen molar-refractivity contribution in [1.82, 2.24) is 14.4 Å². The molecule has 29 heavy (non-hydrogen) atoms. The molecule has 0 amide bonds. The Morgan fingerprint density at radius 3 is 2.31 bits per heavy atom. The standard InChI is InChI=1S/C23H29N3O3/c1-28-20-9-7-19(8-10-20)11-14-25-17-15-24(16-18-25)12-4-13-26-21-5-2-3-6-22(21)29-23(26)27/h2-3,5-10H,4,11-18H2,1H3. The summed E-state index contributed by atoms with van der Waals surface area (Å²) in [5.74, 6) is 0.655. The van der Waals surface area contributed by atoms with Gasteiger partial charge in [0.2, 0.25) is 0 Å². The lowest BCUT2D eigenvalue weighted by Gasteiger charge is -2.34. The topological polar surface area (TPSA) is 50.9 Å². The van der Waals surface area contributed by atoms with Gasteiger partial charge in [-0.3, -0.25) is 4.57 Å². The molecule has 6 nitrogen and oxygen atoms in total. The number of benzene rings is 2. The van der Waals surface area contributed by atoms with E-state index in [9.17, 15) is 4.79 Å². The van der Waals surface area contributed by atoms with Crippen molar-refractivity contribution in [1.29, 1.82) is 0 Å². The van der Waals surface area contributed by atoms with Crippen LogP contribution in [0.25, 0.3) is 11.1 Å². The predicted molar refractivity (Wildman–Crippen MR) is 115 cm³/mol. The van der Waals surface area contributed by atoms with Gasteiger partial charge in [0.15, 0.2) is 5.58 Å². The van der Waals surface area contributed by atoms with Crippen LogP contribution < -0.4 is 10.5 Å². The van der Waals surface area contributed by atoms with Crippen LogP contribution >= 0.6 is 0 Å². The van der Waals surface area contributed by atoms with E-state index in [2.05, 4.69) is 21.9 Å². The Balaban J connectivity index is 1.19. The van der Waals surface area contributed by atoms with E-state index in [0.29, 0.717) is 12.1 Å². The van der Waals surface area contributed by atoms with E-state index in [1.165, 1.54) is 5.56 Å². The van der Waals surface area contributed by atoms with Crippen LogP contribution in [-0.2, 0) is 13.0 Å². The molecule has 4 rings (SSSR count). The smallest absolute Gasteiger partial charge is 0.419 e. The molecular weight excluding hydrogens is 366 g/mol. The first-order chi connectivity index (χ1) is 14.2. The monoisotopic (exact) mass is 395 g/mol. The summed E-state index contributed by atoms with van der Waals surface area (Å²) >= 11 is 0. The third kappa shape index (κ3) is 4.89. The average molecular weight is 396 g/mol. The molecular formula is C23H29N3O3. The molecule has 3 aromatic rings. The van der Waals surface area contributed by atoms with Crippen molar-refractivity contribution in [3.63, 3.8) is 0 Å². The summed E-state index contributed by atoms with van der Waals surface area (Å²) in [6, 6.07) is 16.0. The number of nitrogens with zero attached hydrogens (tertiary/aromatic N) is 3. The summed E-state index contributed by atoms with van der Waals surface area (Å²) in [4.78, 5) is 17.1. The lowest BCUT2D eigenvalue weighted by Crippen LogP contribution is -2.47. The second-order valence-corrected chi connectivity index (χ2v) is 7.62. The summed E-state index contributed by atoms with van der Waals surface area (Å²) in [5, 5.41) is 0. The van der Waals surface area contributed by atoms with Gasteiger partial charge in [0, 0.05) is 39.3 Å². The molecule has 0 saturated carbocycles. The first-order valence-electron chi connectivity index (χ1n) is 10.4. The van der Waals surface area contributed by atoms with Crippen LogP contribution in [0.2, 0.25) is 0 Å². The molecule has 0 radical (unpaired) electrons. The molecule has 0 N–H and O–H groups in total. The number of hydrogen-bond acceptors (Lipinski definition) is 5. The fourth-order valence-electron chi connectivity index (χ4n) is 3.99. The third-order valence-electron chi connectivity index (χ3n) is 5.77. The Morgan fingerprint density at radius 1 is 0.897 bits per heavy atom. The van der Waals surface area contributed by atoms with Gasteiger partial charge < -0.3 is 19.0 Å². The SMILES string of the molecule is COc1ccc(CCN2CCN(CCCn3c(=O)oc4ccccc43)CC2)cc1. The van der Waals surface area contributed by atoms with Crippen LogP contribution in [0.15, 0.2) is 57.7 Å². The van der Waals surface area contributed by atoms with Gasteiger partial charge in [-0.1, -0.05) is 24.3 Å². The Kier molecular flexibility index (Phi) is 6.32. The van der Waals surface area contributed by atoms with Gasteiger partial charge in [-0.15, -0.1) is 0 Å². The molecule has 0 atom stereocenters. The van der Waals surface area contributed by atoms with Crippen molar-refractivity contribution in [3.05, 3.63) is 64.6 Å². The van der Waals surface area contributed by atoms with Crippen LogP contribution in [0.4, 0.5) is 0 Å². The minimum Gasteiger partial charge on any atom is -0.497 e.